The molecule has 0 spiro atoms. The summed E-state index contributed by atoms with van der Waals surface area (Å²) < 4.78 is 0. The summed E-state index contributed by atoms with van der Waals surface area (Å²) in [7, 11) is 0. The quantitative estimate of drug-likeness (QED) is 0.756. The summed E-state index contributed by atoms with van der Waals surface area (Å²) >= 11 is 1.22. The van der Waals surface area contributed by atoms with E-state index in [1.165, 1.54) is 18.7 Å². The van der Waals surface area contributed by atoms with Crippen LogP contribution in [0.1, 0.15) is 22.8 Å². The maximum atomic E-state index is 12.6. The fourth-order valence-corrected chi connectivity index (χ4v) is 2.89. The Morgan fingerprint density at radius 2 is 1.52 bits per heavy atom. The molecule has 21 heavy (non-hydrogen) atoms. The summed E-state index contributed by atoms with van der Waals surface area (Å²) in [5, 5.41) is 0.0499. The smallest absolute Gasteiger partial charge is 0.185 e. The Morgan fingerprint density at radius 1 is 0.952 bits per heavy atom. The molecule has 0 bridgehead atoms. The third kappa shape index (κ3) is 4.87. The number of carbonyl (C=O) groups is 2. The average Bonchev–Trinajstić information content (AvgIpc) is 2.52. The van der Waals surface area contributed by atoms with Gasteiger partial charge in [0, 0.05) is 24.2 Å². The van der Waals surface area contributed by atoms with Crippen molar-refractivity contribution in [2.45, 2.75) is 13.3 Å². The molecule has 0 saturated carbocycles. The zero-order valence-corrected chi connectivity index (χ0v) is 12.8. The van der Waals surface area contributed by atoms with Crippen molar-refractivity contribution < 1.29 is 9.59 Å². The van der Waals surface area contributed by atoms with E-state index in [-0.39, 0.29) is 16.8 Å². The number of benzene rings is 2. The normalized spacial score (nSPS) is 11.9. The van der Waals surface area contributed by atoms with Gasteiger partial charge in [0.25, 0.3) is 0 Å². The van der Waals surface area contributed by atoms with Gasteiger partial charge in [-0.3, -0.25) is 9.59 Å². The largest absolute Gasteiger partial charge is 0.294 e. The van der Waals surface area contributed by atoms with Crippen LogP contribution in [-0.2, 0) is 11.2 Å². The lowest BCUT2D eigenvalue weighted by atomic mass is 9.93. The van der Waals surface area contributed by atoms with Gasteiger partial charge in [-0.2, -0.15) is 0 Å². The Bertz CT molecular complexity index is 593. The van der Waals surface area contributed by atoms with E-state index in [1.54, 1.807) is 0 Å². The van der Waals surface area contributed by atoms with Crippen molar-refractivity contribution in [3.63, 3.8) is 0 Å². The van der Waals surface area contributed by atoms with Gasteiger partial charge in [-0.25, -0.2) is 0 Å². The molecule has 0 fully saturated rings. The first-order chi connectivity index (χ1) is 10.2. The second kappa shape index (κ2) is 7.79. The molecular formula is C18H18O2S. The number of Topliss-reactive ketones (excluding diaryl/α,β-unsaturated/α-hetero) is 1. The standard InChI is InChI=1S/C18H18O2S/c1-14(19)21-13-17(12-15-8-4-2-5-9-15)18(20)16-10-6-3-7-11-16/h2-11,17H,12-13H2,1H3. The molecule has 0 aliphatic rings. The lowest BCUT2D eigenvalue weighted by molar-refractivity contribution is -0.109. The fraction of sp³-hybridized carbons (Fsp3) is 0.222. The lowest BCUT2D eigenvalue weighted by Crippen LogP contribution is -2.20. The molecule has 0 amide bonds. The summed E-state index contributed by atoms with van der Waals surface area (Å²) in [6.45, 7) is 1.54. The maximum absolute atomic E-state index is 12.6. The van der Waals surface area contributed by atoms with Gasteiger partial charge in [-0.05, 0) is 12.0 Å². The minimum absolute atomic E-state index is 0.0499. The van der Waals surface area contributed by atoms with E-state index in [9.17, 15) is 9.59 Å². The van der Waals surface area contributed by atoms with Gasteiger partial charge in [-0.1, -0.05) is 72.4 Å². The Labute approximate surface area is 129 Å². The van der Waals surface area contributed by atoms with Crippen molar-refractivity contribution in [3.05, 3.63) is 71.8 Å². The van der Waals surface area contributed by atoms with Crippen molar-refractivity contribution in [3.8, 4) is 0 Å². The molecule has 0 radical (unpaired) electrons. The Balaban J connectivity index is 2.15. The highest BCUT2D eigenvalue weighted by molar-refractivity contribution is 8.13. The molecule has 2 rings (SSSR count). The number of hydrogen-bond donors (Lipinski definition) is 0. The molecule has 1 unspecified atom stereocenters. The number of carbonyl (C=O) groups excluding carboxylic acids is 2. The van der Waals surface area contributed by atoms with Crippen molar-refractivity contribution >= 4 is 22.7 Å². The van der Waals surface area contributed by atoms with Crippen molar-refractivity contribution in [2.24, 2.45) is 5.92 Å². The van der Waals surface area contributed by atoms with Crippen LogP contribution in [0, 0.1) is 5.92 Å². The molecule has 0 aromatic heterocycles. The molecule has 2 aromatic rings. The summed E-state index contributed by atoms with van der Waals surface area (Å²) in [5.41, 5.74) is 1.83. The number of thioether (sulfide) groups is 1. The van der Waals surface area contributed by atoms with Crippen LogP contribution in [0.5, 0.6) is 0 Å². The van der Waals surface area contributed by atoms with Gasteiger partial charge in [0.2, 0.25) is 0 Å². The first kappa shape index (κ1) is 15.5. The molecular weight excluding hydrogens is 280 g/mol. The molecule has 0 heterocycles. The van der Waals surface area contributed by atoms with E-state index in [0.717, 1.165) is 5.56 Å². The van der Waals surface area contributed by atoms with Gasteiger partial charge in [0.15, 0.2) is 10.9 Å². The second-order valence-corrected chi connectivity index (χ2v) is 6.12. The highest BCUT2D eigenvalue weighted by Gasteiger charge is 2.21. The van der Waals surface area contributed by atoms with Crippen LogP contribution in [0.2, 0.25) is 0 Å². The third-order valence-corrected chi connectivity index (χ3v) is 4.22. The zero-order valence-electron chi connectivity index (χ0n) is 12.0. The first-order valence-electron chi connectivity index (χ1n) is 6.93. The minimum atomic E-state index is -0.177. The van der Waals surface area contributed by atoms with Gasteiger partial charge in [-0.15, -0.1) is 0 Å². The van der Waals surface area contributed by atoms with Gasteiger partial charge < -0.3 is 0 Å². The van der Waals surface area contributed by atoms with E-state index in [1.807, 2.05) is 60.7 Å². The molecule has 2 nitrogen and oxygen atoms in total. The van der Waals surface area contributed by atoms with E-state index >= 15 is 0 Å². The number of hydrogen-bond acceptors (Lipinski definition) is 3. The summed E-state index contributed by atoms with van der Waals surface area (Å²) in [4.78, 5) is 23.8. The molecule has 2 aromatic carbocycles. The van der Waals surface area contributed by atoms with E-state index in [2.05, 4.69) is 0 Å². The van der Waals surface area contributed by atoms with E-state index < -0.39 is 0 Å². The maximum Gasteiger partial charge on any atom is 0.185 e. The van der Waals surface area contributed by atoms with Crippen molar-refractivity contribution in [1.82, 2.24) is 0 Å². The molecule has 1 atom stereocenters. The summed E-state index contributed by atoms with van der Waals surface area (Å²) in [6, 6.07) is 19.2. The SMILES string of the molecule is CC(=O)SCC(Cc1ccccc1)C(=O)c1ccccc1. The topological polar surface area (TPSA) is 34.1 Å². The third-order valence-electron chi connectivity index (χ3n) is 3.24. The van der Waals surface area contributed by atoms with Crippen LogP contribution in [0.3, 0.4) is 0 Å². The van der Waals surface area contributed by atoms with Crippen molar-refractivity contribution in [2.75, 3.05) is 5.75 Å². The van der Waals surface area contributed by atoms with E-state index in [0.29, 0.717) is 17.7 Å². The molecule has 0 aliphatic carbocycles. The number of ketones is 1. The van der Waals surface area contributed by atoms with Crippen LogP contribution in [0.4, 0.5) is 0 Å². The first-order valence-corrected chi connectivity index (χ1v) is 7.92. The van der Waals surface area contributed by atoms with Crippen LogP contribution >= 0.6 is 11.8 Å². The van der Waals surface area contributed by atoms with Crippen LogP contribution in [0.15, 0.2) is 60.7 Å². The van der Waals surface area contributed by atoms with Gasteiger partial charge in [0.1, 0.15) is 0 Å². The highest BCUT2D eigenvalue weighted by Crippen LogP contribution is 2.20. The minimum Gasteiger partial charge on any atom is -0.294 e. The average molecular weight is 298 g/mol. The summed E-state index contributed by atoms with van der Waals surface area (Å²) in [6.07, 6.45) is 0.662. The van der Waals surface area contributed by atoms with Crippen LogP contribution in [0.25, 0.3) is 0 Å². The molecule has 0 N–H and O–H groups in total. The fourth-order valence-electron chi connectivity index (χ4n) is 2.18. The molecule has 108 valence electrons. The number of rotatable bonds is 6. The summed E-state index contributed by atoms with van der Waals surface area (Å²) in [5.74, 6) is 0.453. The Hall–Kier alpha value is -1.87. The van der Waals surface area contributed by atoms with Crippen molar-refractivity contribution in [1.29, 1.82) is 0 Å². The Kier molecular flexibility index (Phi) is 5.76. The molecule has 0 aliphatic heterocycles. The molecule has 3 heteroatoms. The highest BCUT2D eigenvalue weighted by atomic mass is 32.2. The van der Waals surface area contributed by atoms with Gasteiger partial charge in [0.05, 0.1) is 0 Å². The second-order valence-electron chi connectivity index (χ2n) is 4.92. The van der Waals surface area contributed by atoms with Gasteiger partial charge >= 0.3 is 0 Å². The lowest BCUT2D eigenvalue weighted by Gasteiger charge is -2.15. The predicted octanol–water partition coefficient (Wildman–Crippen LogP) is 4.01. The van der Waals surface area contributed by atoms with Crippen LogP contribution < -0.4 is 0 Å². The van der Waals surface area contributed by atoms with Crippen LogP contribution in [-0.4, -0.2) is 16.7 Å². The zero-order chi connectivity index (χ0) is 15.1. The monoisotopic (exact) mass is 298 g/mol. The van der Waals surface area contributed by atoms with E-state index in [4.69, 9.17) is 0 Å². The predicted molar refractivity (Wildman–Crippen MR) is 87.5 cm³/mol. The Morgan fingerprint density at radius 3 is 2.10 bits per heavy atom. The molecule has 0 saturated heterocycles.